The molecule has 24 heavy (non-hydrogen) atoms. The summed E-state index contributed by atoms with van der Waals surface area (Å²) >= 11 is 0. The molecule has 8 heteroatoms. The minimum absolute atomic E-state index is 0.182. The predicted octanol–water partition coefficient (Wildman–Crippen LogP) is -1.41. The maximum Gasteiger partial charge on any atom is 0.0723 e. The van der Waals surface area contributed by atoms with E-state index >= 15 is 0 Å². The Labute approximate surface area is 146 Å². The molecule has 1 rings (SSSR count). The van der Waals surface area contributed by atoms with E-state index in [1.165, 1.54) is 0 Å². The fraction of sp³-hybridized carbons (Fsp3) is 1.00. The van der Waals surface area contributed by atoms with Crippen LogP contribution in [0.15, 0.2) is 0 Å². The molecule has 1 aliphatic heterocycles. The summed E-state index contributed by atoms with van der Waals surface area (Å²) in [5.41, 5.74) is 2.26. The van der Waals surface area contributed by atoms with Crippen molar-refractivity contribution in [3.05, 3.63) is 0 Å². The Bertz CT molecular complexity index is 286. The zero-order valence-corrected chi connectivity index (χ0v) is 15.0. The van der Waals surface area contributed by atoms with Crippen LogP contribution in [0.3, 0.4) is 0 Å². The van der Waals surface area contributed by atoms with Crippen molar-refractivity contribution in [3.8, 4) is 0 Å². The van der Waals surface area contributed by atoms with E-state index in [-0.39, 0.29) is 13.2 Å². The lowest BCUT2D eigenvalue weighted by Crippen LogP contribution is -2.41. The number of aliphatic hydroxyl groups excluding tert-OH is 2. The van der Waals surface area contributed by atoms with Crippen molar-refractivity contribution in [3.63, 3.8) is 0 Å². The summed E-state index contributed by atoms with van der Waals surface area (Å²) in [6, 6.07) is 0. The van der Waals surface area contributed by atoms with Crippen LogP contribution in [-0.4, -0.2) is 115 Å². The first kappa shape index (κ1) is 21.7. The summed E-state index contributed by atoms with van der Waals surface area (Å²) in [6.07, 6.45) is 3.16. The molecule has 0 aliphatic carbocycles. The van der Waals surface area contributed by atoms with Crippen molar-refractivity contribution in [2.24, 2.45) is 0 Å². The molecular weight excluding hydrogens is 310 g/mol. The summed E-state index contributed by atoms with van der Waals surface area (Å²) in [7, 11) is 0. The first-order valence-corrected chi connectivity index (χ1v) is 9.26. The average molecular weight is 348 g/mol. The minimum Gasteiger partial charge on any atom is -0.395 e. The molecule has 0 aromatic carbocycles. The van der Waals surface area contributed by atoms with Gasteiger partial charge in [0.15, 0.2) is 0 Å². The SMILES string of the molecule is OCCN1CCCNCCCN(CCO)CCN(CNO)CCC1. The third-order valence-corrected chi connectivity index (χ3v) is 4.46. The van der Waals surface area contributed by atoms with E-state index < -0.39 is 0 Å². The molecule has 1 fully saturated rings. The molecule has 0 saturated carbocycles. The molecular formula is C16H37N5O3. The number of aliphatic hydroxyl groups is 2. The van der Waals surface area contributed by atoms with Crippen molar-refractivity contribution >= 4 is 0 Å². The summed E-state index contributed by atoms with van der Waals surface area (Å²) in [5, 5.41) is 30.9. The molecule has 1 saturated heterocycles. The largest absolute Gasteiger partial charge is 0.395 e. The van der Waals surface area contributed by atoms with Gasteiger partial charge in [-0.15, -0.1) is 0 Å². The highest BCUT2D eigenvalue weighted by Crippen LogP contribution is 1.99. The number of hydrogen-bond acceptors (Lipinski definition) is 8. The second-order valence-corrected chi connectivity index (χ2v) is 6.38. The highest BCUT2D eigenvalue weighted by atomic mass is 16.5. The molecule has 0 aromatic rings. The summed E-state index contributed by atoms with van der Waals surface area (Å²) < 4.78 is 0. The Hall–Kier alpha value is -0.320. The van der Waals surface area contributed by atoms with Crippen LogP contribution in [0.25, 0.3) is 0 Å². The highest BCUT2D eigenvalue weighted by Gasteiger charge is 2.11. The highest BCUT2D eigenvalue weighted by molar-refractivity contribution is 4.67. The standard InChI is InChI=1S/C16H37N5O3/c22-14-12-19-6-1-4-17-5-2-7-20(13-15-23)10-11-21(16-18-24)9-3-8-19/h17-18,22-24H,1-16H2. The normalized spacial score (nSPS) is 22.1. The fourth-order valence-corrected chi connectivity index (χ4v) is 3.10. The van der Waals surface area contributed by atoms with E-state index in [4.69, 9.17) is 5.21 Å². The van der Waals surface area contributed by atoms with E-state index in [9.17, 15) is 10.2 Å². The van der Waals surface area contributed by atoms with Gasteiger partial charge in [0.2, 0.25) is 0 Å². The first-order chi connectivity index (χ1) is 11.8. The molecule has 0 amide bonds. The van der Waals surface area contributed by atoms with Gasteiger partial charge < -0.3 is 25.6 Å². The third-order valence-electron chi connectivity index (χ3n) is 4.46. The van der Waals surface area contributed by atoms with Gasteiger partial charge in [0, 0.05) is 32.7 Å². The van der Waals surface area contributed by atoms with Crippen LogP contribution in [0.2, 0.25) is 0 Å². The number of β-amino-alcohol motifs (C(OH)–C–C–N with tert-alkyl or cyclic N) is 2. The number of hydroxylamine groups is 1. The molecule has 0 atom stereocenters. The van der Waals surface area contributed by atoms with E-state index in [0.717, 1.165) is 78.2 Å². The van der Waals surface area contributed by atoms with Gasteiger partial charge >= 0.3 is 0 Å². The van der Waals surface area contributed by atoms with Crippen LogP contribution in [0.4, 0.5) is 0 Å². The lowest BCUT2D eigenvalue weighted by atomic mass is 10.3. The Kier molecular flexibility index (Phi) is 13.6. The van der Waals surface area contributed by atoms with Crippen molar-refractivity contribution in [2.45, 2.75) is 19.3 Å². The molecule has 144 valence electrons. The smallest absolute Gasteiger partial charge is 0.0723 e. The van der Waals surface area contributed by atoms with Crippen LogP contribution in [0.1, 0.15) is 19.3 Å². The topological polar surface area (TPSA) is 94.5 Å². The zero-order chi connectivity index (χ0) is 17.5. The van der Waals surface area contributed by atoms with Gasteiger partial charge in [-0.2, -0.15) is 5.48 Å². The van der Waals surface area contributed by atoms with Crippen LogP contribution in [-0.2, 0) is 0 Å². The van der Waals surface area contributed by atoms with Gasteiger partial charge in [0.05, 0.1) is 19.9 Å². The van der Waals surface area contributed by atoms with E-state index in [2.05, 4.69) is 25.5 Å². The molecule has 0 bridgehead atoms. The Morgan fingerprint density at radius 2 is 1.21 bits per heavy atom. The molecule has 8 nitrogen and oxygen atoms in total. The van der Waals surface area contributed by atoms with E-state index in [1.807, 2.05) is 0 Å². The lowest BCUT2D eigenvalue weighted by molar-refractivity contribution is 0.0842. The zero-order valence-electron chi connectivity index (χ0n) is 15.0. The molecule has 5 N–H and O–H groups in total. The fourth-order valence-electron chi connectivity index (χ4n) is 3.10. The molecule has 1 heterocycles. The summed E-state index contributed by atoms with van der Waals surface area (Å²) in [5.74, 6) is 0. The van der Waals surface area contributed by atoms with Crippen LogP contribution in [0, 0.1) is 0 Å². The Morgan fingerprint density at radius 3 is 1.79 bits per heavy atom. The molecule has 0 unspecified atom stereocenters. The third kappa shape index (κ3) is 10.5. The van der Waals surface area contributed by atoms with E-state index in [0.29, 0.717) is 13.2 Å². The molecule has 0 aromatic heterocycles. The maximum atomic E-state index is 9.23. The first-order valence-electron chi connectivity index (χ1n) is 9.26. The average Bonchev–Trinajstić information content (AvgIpc) is 2.58. The van der Waals surface area contributed by atoms with Crippen molar-refractivity contribution < 1.29 is 15.4 Å². The number of nitrogens with zero attached hydrogens (tertiary/aromatic N) is 3. The second-order valence-electron chi connectivity index (χ2n) is 6.38. The molecule has 0 radical (unpaired) electrons. The van der Waals surface area contributed by atoms with Gasteiger partial charge in [-0.1, -0.05) is 0 Å². The lowest BCUT2D eigenvalue weighted by Gasteiger charge is -2.27. The van der Waals surface area contributed by atoms with Crippen molar-refractivity contribution in [1.82, 2.24) is 25.5 Å². The Morgan fingerprint density at radius 1 is 0.708 bits per heavy atom. The predicted molar refractivity (Wildman–Crippen MR) is 95.1 cm³/mol. The van der Waals surface area contributed by atoms with Gasteiger partial charge in [-0.25, -0.2) is 0 Å². The monoisotopic (exact) mass is 347 g/mol. The van der Waals surface area contributed by atoms with Crippen LogP contribution >= 0.6 is 0 Å². The van der Waals surface area contributed by atoms with Gasteiger partial charge in [-0.05, 0) is 52.0 Å². The van der Waals surface area contributed by atoms with E-state index in [1.54, 1.807) is 0 Å². The van der Waals surface area contributed by atoms with Gasteiger partial charge in [0.1, 0.15) is 0 Å². The summed E-state index contributed by atoms with van der Waals surface area (Å²) in [6.45, 7) is 9.85. The Balaban J connectivity index is 2.53. The van der Waals surface area contributed by atoms with Gasteiger partial charge in [0.25, 0.3) is 0 Å². The maximum absolute atomic E-state index is 9.23. The van der Waals surface area contributed by atoms with Crippen LogP contribution in [0.5, 0.6) is 0 Å². The number of hydrogen-bond donors (Lipinski definition) is 5. The van der Waals surface area contributed by atoms with Crippen LogP contribution < -0.4 is 10.8 Å². The summed E-state index contributed by atoms with van der Waals surface area (Å²) in [4.78, 5) is 6.78. The molecule has 1 aliphatic rings. The minimum atomic E-state index is 0.182. The van der Waals surface area contributed by atoms with Crippen molar-refractivity contribution in [2.75, 3.05) is 85.3 Å². The number of rotatable bonds is 6. The number of nitrogens with one attached hydrogen (secondary N) is 2. The molecule has 0 spiro atoms. The van der Waals surface area contributed by atoms with Crippen molar-refractivity contribution in [1.29, 1.82) is 0 Å². The van der Waals surface area contributed by atoms with Gasteiger partial charge in [-0.3, -0.25) is 9.80 Å². The quantitative estimate of drug-likeness (QED) is 0.374. The second kappa shape index (κ2) is 15.0.